The highest BCUT2D eigenvalue weighted by Crippen LogP contribution is 2.15. The van der Waals surface area contributed by atoms with Gasteiger partial charge < -0.3 is 14.6 Å². The quantitative estimate of drug-likeness (QED) is 0.810. The summed E-state index contributed by atoms with van der Waals surface area (Å²) in [6.07, 6.45) is -4.92. The second kappa shape index (κ2) is 5.83. The lowest BCUT2D eigenvalue weighted by molar-refractivity contribution is -0.173. The van der Waals surface area contributed by atoms with Crippen molar-refractivity contribution < 1.29 is 26.7 Å². The first-order chi connectivity index (χ1) is 8.29. The van der Waals surface area contributed by atoms with Gasteiger partial charge in [-0.1, -0.05) is 12.1 Å². The highest BCUT2D eigenvalue weighted by Gasteiger charge is 2.38. The third-order valence-electron chi connectivity index (χ3n) is 1.87. The largest absolute Gasteiger partial charge is 0.755 e. The Labute approximate surface area is 103 Å². The van der Waals surface area contributed by atoms with Crippen LogP contribution < -0.4 is 10.0 Å². The molecule has 2 N–H and O–H groups in total. The van der Waals surface area contributed by atoms with Crippen LogP contribution in [-0.4, -0.2) is 20.8 Å². The molecular formula is C9H8F3N2O3S-. The molecule has 0 heterocycles. The zero-order valence-electron chi connectivity index (χ0n) is 8.78. The van der Waals surface area contributed by atoms with Gasteiger partial charge in [-0.25, -0.2) is 0 Å². The van der Waals surface area contributed by atoms with Crippen molar-refractivity contribution in [2.75, 3.05) is 4.72 Å². The molecule has 0 saturated carbocycles. The number of hydrogen-bond donors (Lipinski definition) is 2. The molecule has 1 amide bonds. The lowest BCUT2D eigenvalue weighted by Gasteiger charge is -2.10. The molecule has 1 rings (SSSR count). The van der Waals surface area contributed by atoms with Crippen LogP contribution in [0.2, 0.25) is 0 Å². The third-order valence-corrected chi connectivity index (χ3v) is 2.27. The third kappa shape index (κ3) is 4.72. The highest BCUT2D eigenvalue weighted by molar-refractivity contribution is 7.80. The van der Waals surface area contributed by atoms with E-state index in [2.05, 4.69) is 4.72 Å². The Balaban J connectivity index is 2.54. The van der Waals surface area contributed by atoms with E-state index in [0.717, 1.165) is 0 Å². The van der Waals surface area contributed by atoms with Crippen molar-refractivity contribution in [2.24, 2.45) is 0 Å². The summed E-state index contributed by atoms with van der Waals surface area (Å²) in [7, 11) is 0. The number of halogens is 3. The zero-order valence-corrected chi connectivity index (χ0v) is 9.60. The predicted octanol–water partition coefficient (Wildman–Crippen LogP) is 1.07. The number of nitrogens with one attached hydrogen (secondary N) is 2. The fraction of sp³-hybridized carbons (Fsp3) is 0.222. The number of benzene rings is 1. The first-order valence-corrected chi connectivity index (χ1v) is 5.66. The number of carbonyl (C=O) groups excluding carboxylic acids is 1. The molecular weight excluding hydrogens is 273 g/mol. The van der Waals surface area contributed by atoms with Crippen molar-refractivity contribution in [1.82, 2.24) is 5.32 Å². The maximum atomic E-state index is 11.9. The van der Waals surface area contributed by atoms with Gasteiger partial charge >= 0.3 is 12.1 Å². The van der Waals surface area contributed by atoms with Crippen LogP contribution in [0.3, 0.4) is 0 Å². The molecule has 5 nitrogen and oxygen atoms in total. The monoisotopic (exact) mass is 281 g/mol. The summed E-state index contributed by atoms with van der Waals surface area (Å²) >= 11 is -2.46. The van der Waals surface area contributed by atoms with Gasteiger partial charge in [0.2, 0.25) is 0 Å². The number of alkyl halides is 3. The van der Waals surface area contributed by atoms with Crippen LogP contribution >= 0.6 is 0 Å². The maximum absolute atomic E-state index is 11.9. The van der Waals surface area contributed by atoms with Crippen molar-refractivity contribution in [3.05, 3.63) is 29.8 Å². The number of hydrogen-bond acceptors (Lipinski definition) is 3. The first kappa shape index (κ1) is 14.5. The van der Waals surface area contributed by atoms with E-state index >= 15 is 0 Å². The minimum Gasteiger partial charge on any atom is -0.755 e. The molecule has 0 bridgehead atoms. The molecule has 18 heavy (non-hydrogen) atoms. The minimum absolute atomic E-state index is 0.272. The molecule has 1 aromatic rings. The summed E-state index contributed by atoms with van der Waals surface area (Å²) in [6, 6.07) is 5.52. The van der Waals surface area contributed by atoms with Gasteiger partial charge in [-0.15, -0.1) is 0 Å². The lowest BCUT2D eigenvalue weighted by Crippen LogP contribution is -2.36. The Morgan fingerprint density at radius 3 is 2.28 bits per heavy atom. The van der Waals surface area contributed by atoms with Gasteiger partial charge in [-0.2, -0.15) is 13.2 Å². The second-order valence-electron chi connectivity index (χ2n) is 3.21. The molecule has 100 valence electrons. The molecule has 0 fully saturated rings. The summed E-state index contributed by atoms with van der Waals surface area (Å²) in [4.78, 5) is 10.5. The van der Waals surface area contributed by atoms with Gasteiger partial charge in [0.1, 0.15) is 0 Å². The van der Waals surface area contributed by atoms with E-state index in [1.54, 1.807) is 5.32 Å². The smallest absolute Gasteiger partial charge is 0.471 e. The van der Waals surface area contributed by atoms with E-state index in [-0.39, 0.29) is 12.2 Å². The Morgan fingerprint density at radius 2 is 1.83 bits per heavy atom. The van der Waals surface area contributed by atoms with Crippen LogP contribution in [0.15, 0.2) is 24.3 Å². The van der Waals surface area contributed by atoms with Gasteiger partial charge in [-0.3, -0.25) is 9.00 Å². The van der Waals surface area contributed by atoms with E-state index in [4.69, 9.17) is 0 Å². The Hall–Kier alpha value is -1.61. The van der Waals surface area contributed by atoms with Crippen molar-refractivity contribution in [3.63, 3.8) is 0 Å². The summed E-state index contributed by atoms with van der Waals surface area (Å²) < 4.78 is 58.2. The molecule has 9 heteroatoms. The van der Waals surface area contributed by atoms with Crippen LogP contribution in [0.25, 0.3) is 0 Å². The van der Waals surface area contributed by atoms with Crippen molar-refractivity contribution in [3.8, 4) is 0 Å². The molecule has 0 radical (unpaired) electrons. The van der Waals surface area contributed by atoms with E-state index in [1.165, 1.54) is 24.3 Å². The number of rotatable bonds is 4. The average Bonchev–Trinajstić information content (AvgIpc) is 2.25. The summed E-state index contributed by atoms with van der Waals surface area (Å²) in [5.74, 6) is -2.02. The van der Waals surface area contributed by atoms with Crippen LogP contribution in [-0.2, 0) is 22.6 Å². The second-order valence-corrected chi connectivity index (χ2v) is 3.89. The van der Waals surface area contributed by atoms with E-state index in [0.29, 0.717) is 5.56 Å². The topological polar surface area (TPSA) is 81.3 Å². The van der Waals surface area contributed by atoms with Crippen LogP contribution in [0, 0.1) is 0 Å². The molecule has 0 saturated heterocycles. The SMILES string of the molecule is O=C(NCc1ccc(NS(=O)[O-])cc1)C(F)(F)F. The van der Waals surface area contributed by atoms with Gasteiger partial charge in [0.25, 0.3) is 0 Å². The van der Waals surface area contributed by atoms with Gasteiger partial charge in [0, 0.05) is 23.5 Å². The molecule has 0 aliphatic rings. The van der Waals surface area contributed by atoms with Crippen molar-refractivity contribution in [1.29, 1.82) is 0 Å². The first-order valence-electron chi connectivity index (χ1n) is 4.59. The number of amides is 1. The van der Waals surface area contributed by atoms with Crippen LogP contribution in [0.5, 0.6) is 0 Å². The van der Waals surface area contributed by atoms with Gasteiger partial charge in [0.05, 0.1) is 0 Å². The lowest BCUT2D eigenvalue weighted by atomic mass is 10.2. The van der Waals surface area contributed by atoms with Gasteiger partial charge in [-0.05, 0) is 17.7 Å². The molecule has 0 aliphatic carbocycles. The van der Waals surface area contributed by atoms with Gasteiger partial charge in [0.15, 0.2) is 0 Å². The number of carbonyl (C=O) groups is 1. The standard InChI is InChI=1S/C9H9F3N2O3S/c10-9(11,12)8(15)13-5-6-1-3-7(4-2-6)14-18(16)17/h1-4,14H,5H2,(H,13,15)(H,16,17)/p-1. The minimum atomic E-state index is -4.92. The molecule has 0 aliphatic heterocycles. The zero-order chi connectivity index (χ0) is 13.8. The van der Waals surface area contributed by atoms with Crippen LogP contribution in [0.4, 0.5) is 18.9 Å². The van der Waals surface area contributed by atoms with Crippen molar-refractivity contribution in [2.45, 2.75) is 12.7 Å². The van der Waals surface area contributed by atoms with E-state index in [9.17, 15) is 26.7 Å². The summed E-state index contributed by atoms with van der Waals surface area (Å²) in [5.41, 5.74) is 0.684. The predicted molar refractivity (Wildman–Crippen MR) is 56.9 cm³/mol. The fourth-order valence-corrected chi connectivity index (χ4v) is 1.40. The van der Waals surface area contributed by atoms with E-state index in [1.807, 2.05) is 0 Å². The average molecular weight is 281 g/mol. The Bertz CT molecular complexity index is 447. The summed E-state index contributed by atoms with van der Waals surface area (Å²) in [6.45, 7) is -0.293. The summed E-state index contributed by atoms with van der Waals surface area (Å²) in [5, 5.41) is 1.69. The fourth-order valence-electron chi connectivity index (χ4n) is 1.07. The van der Waals surface area contributed by atoms with Crippen molar-refractivity contribution >= 4 is 22.9 Å². The number of anilines is 1. The Morgan fingerprint density at radius 1 is 1.28 bits per heavy atom. The normalized spacial score (nSPS) is 12.9. The highest BCUT2D eigenvalue weighted by atomic mass is 32.2. The van der Waals surface area contributed by atoms with E-state index < -0.39 is 23.3 Å². The van der Waals surface area contributed by atoms with Crippen LogP contribution in [0.1, 0.15) is 5.56 Å². The molecule has 0 spiro atoms. The molecule has 0 aromatic heterocycles. The molecule has 1 aromatic carbocycles. The Kier molecular flexibility index (Phi) is 4.68. The molecule has 1 unspecified atom stereocenters. The molecule has 1 atom stereocenters. The maximum Gasteiger partial charge on any atom is 0.471 e.